The first-order valence-electron chi connectivity index (χ1n) is 6.91. The van der Waals surface area contributed by atoms with E-state index in [0.717, 1.165) is 0 Å². The van der Waals surface area contributed by atoms with Crippen molar-refractivity contribution in [1.29, 1.82) is 0 Å². The summed E-state index contributed by atoms with van der Waals surface area (Å²) in [6.45, 7) is -0.551. The van der Waals surface area contributed by atoms with Gasteiger partial charge in [-0.2, -0.15) is 0 Å². The zero-order valence-electron chi connectivity index (χ0n) is 12.1. The molecule has 7 heteroatoms. The molecule has 0 aromatic heterocycles. The van der Waals surface area contributed by atoms with Gasteiger partial charge >= 0.3 is 5.97 Å². The van der Waals surface area contributed by atoms with Crippen LogP contribution in [0, 0.1) is 15.5 Å². The number of ketones is 1. The van der Waals surface area contributed by atoms with E-state index in [1.165, 1.54) is 7.11 Å². The fraction of sp³-hybridized carbons (Fsp3) is 0.467. The van der Waals surface area contributed by atoms with Gasteiger partial charge in [-0.15, -0.1) is 0 Å². The van der Waals surface area contributed by atoms with E-state index in [2.05, 4.69) is 0 Å². The molecule has 118 valence electrons. The van der Waals surface area contributed by atoms with Crippen molar-refractivity contribution in [1.82, 2.24) is 0 Å². The molecule has 1 fully saturated rings. The molecule has 6 nitrogen and oxygen atoms in total. The number of rotatable bonds is 5. The van der Waals surface area contributed by atoms with Crippen LogP contribution in [0.1, 0.15) is 30.7 Å². The minimum Gasteiger partial charge on any atom is -0.468 e. The van der Waals surface area contributed by atoms with Crippen LogP contribution in [0.3, 0.4) is 0 Å². The molecule has 0 N–H and O–H groups in total. The van der Waals surface area contributed by atoms with Crippen molar-refractivity contribution >= 4 is 23.4 Å². The number of hydrogen-bond donors (Lipinski definition) is 0. The first-order chi connectivity index (χ1) is 10.4. The van der Waals surface area contributed by atoms with Crippen molar-refractivity contribution in [2.75, 3.05) is 13.7 Å². The molecule has 2 rings (SSSR count). The fourth-order valence-electron chi connectivity index (χ4n) is 3.23. The maximum absolute atomic E-state index is 12.4. The van der Waals surface area contributed by atoms with Gasteiger partial charge < -0.3 is 4.74 Å². The highest BCUT2D eigenvalue weighted by Gasteiger charge is 2.57. The van der Waals surface area contributed by atoms with E-state index in [0.29, 0.717) is 17.0 Å². The van der Waals surface area contributed by atoms with Gasteiger partial charge in [-0.1, -0.05) is 29.8 Å². The molecule has 0 bridgehead atoms. The summed E-state index contributed by atoms with van der Waals surface area (Å²) in [4.78, 5) is 35.4. The number of hydrogen-bond acceptors (Lipinski definition) is 5. The summed E-state index contributed by atoms with van der Waals surface area (Å²) in [7, 11) is 1.19. The third-order valence-electron chi connectivity index (χ3n) is 4.23. The van der Waals surface area contributed by atoms with Crippen LogP contribution >= 0.6 is 11.6 Å². The minimum atomic E-state index is -1.52. The fourth-order valence-corrected chi connectivity index (χ4v) is 3.49. The molecule has 1 aliphatic rings. The highest BCUT2D eigenvalue weighted by Crippen LogP contribution is 2.48. The first kappa shape index (κ1) is 16.4. The molecule has 0 radical (unpaired) electrons. The Bertz CT molecular complexity index is 618. The Morgan fingerprint density at radius 2 is 2.18 bits per heavy atom. The Labute approximate surface area is 132 Å². The van der Waals surface area contributed by atoms with Gasteiger partial charge in [-0.3, -0.25) is 19.7 Å². The average molecular weight is 326 g/mol. The number of methoxy groups -OCH3 is 1. The number of nitro groups is 1. The van der Waals surface area contributed by atoms with Gasteiger partial charge in [-0.05, 0) is 24.5 Å². The van der Waals surface area contributed by atoms with Crippen molar-refractivity contribution in [2.24, 2.45) is 5.41 Å². The van der Waals surface area contributed by atoms with Gasteiger partial charge in [0.2, 0.25) is 6.54 Å². The second-order valence-corrected chi connectivity index (χ2v) is 5.74. The Kier molecular flexibility index (Phi) is 4.81. The van der Waals surface area contributed by atoms with Gasteiger partial charge in [-0.25, -0.2) is 0 Å². The van der Waals surface area contributed by atoms with Crippen LogP contribution in [0.4, 0.5) is 0 Å². The van der Waals surface area contributed by atoms with Crippen molar-refractivity contribution in [3.8, 4) is 0 Å². The van der Waals surface area contributed by atoms with Crippen molar-refractivity contribution in [2.45, 2.75) is 25.2 Å². The Balaban J connectivity index is 2.60. The van der Waals surface area contributed by atoms with Gasteiger partial charge in [0.25, 0.3) is 0 Å². The van der Waals surface area contributed by atoms with E-state index in [1.54, 1.807) is 24.3 Å². The molecule has 1 aliphatic carbocycles. The van der Waals surface area contributed by atoms with Gasteiger partial charge in [0.1, 0.15) is 5.41 Å². The van der Waals surface area contributed by atoms with Crippen LogP contribution < -0.4 is 0 Å². The zero-order valence-corrected chi connectivity index (χ0v) is 12.8. The number of carbonyl (C=O) groups is 2. The zero-order chi connectivity index (χ0) is 16.3. The monoisotopic (exact) mass is 325 g/mol. The summed E-state index contributed by atoms with van der Waals surface area (Å²) >= 11 is 6.15. The van der Waals surface area contributed by atoms with Crippen LogP contribution in [0.2, 0.25) is 5.02 Å². The topological polar surface area (TPSA) is 86.5 Å². The highest BCUT2D eigenvalue weighted by atomic mass is 35.5. The second kappa shape index (κ2) is 6.44. The lowest BCUT2D eigenvalue weighted by molar-refractivity contribution is -0.485. The molecule has 0 aliphatic heterocycles. The number of carbonyl (C=O) groups excluding carboxylic acids is 2. The number of nitrogens with zero attached hydrogens (tertiary/aromatic N) is 1. The minimum absolute atomic E-state index is 0.216. The van der Waals surface area contributed by atoms with Crippen LogP contribution in [0.15, 0.2) is 24.3 Å². The molecule has 0 heterocycles. The highest BCUT2D eigenvalue weighted by molar-refractivity contribution is 6.31. The predicted octanol–water partition coefficient (Wildman–Crippen LogP) is 2.61. The van der Waals surface area contributed by atoms with Gasteiger partial charge in [0, 0.05) is 16.4 Å². The van der Waals surface area contributed by atoms with Crippen molar-refractivity contribution < 1.29 is 19.2 Å². The number of esters is 1. The van der Waals surface area contributed by atoms with E-state index in [1.807, 2.05) is 0 Å². The molecule has 1 aromatic rings. The predicted molar refractivity (Wildman–Crippen MR) is 79.4 cm³/mol. The molecule has 0 spiro atoms. The lowest BCUT2D eigenvalue weighted by atomic mass is 9.70. The standard InChI is InChI=1S/C15H16ClNO5/c1-22-14(19)15(8-4-7-13(15)18)11(9-17(20)21)10-5-2-3-6-12(10)16/h2-3,5-6,11H,4,7-9H2,1H3/t11-,15+/m1/s1. The summed E-state index contributed by atoms with van der Waals surface area (Å²) < 4.78 is 4.81. The quantitative estimate of drug-likeness (QED) is 0.359. The summed E-state index contributed by atoms with van der Waals surface area (Å²) in [6.07, 6.45) is 0.961. The molecule has 1 saturated carbocycles. The lowest BCUT2D eigenvalue weighted by Gasteiger charge is -2.31. The smallest absolute Gasteiger partial charge is 0.320 e. The average Bonchev–Trinajstić information content (AvgIpc) is 2.87. The largest absolute Gasteiger partial charge is 0.468 e. The van der Waals surface area contributed by atoms with E-state index < -0.39 is 28.8 Å². The van der Waals surface area contributed by atoms with E-state index >= 15 is 0 Å². The van der Waals surface area contributed by atoms with Gasteiger partial charge in [0.15, 0.2) is 5.78 Å². The Morgan fingerprint density at radius 1 is 1.50 bits per heavy atom. The summed E-state index contributed by atoms with van der Waals surface area (Å²) in [5.74, 6) is -1.97. The van der Waals surface area contributed by atoms with Gasteiger partial charge in [0.05, 0.1) is 13.0 Å². The molecular formula is C15H16ClNO5. The van der Waals surface area contributed by atoms with Crippen LogP contribution in [0.25, 0.3) is 0 Å². The molecule has 22 heavy (non-hydrogen) atoms. The summed E-state index contributed by atoms with van der Waals surface area (Å²) in [5, 5.41) is 11.4. The molecular weight excluding hydrogens is 310 g/mol. The number of Topliss-reactive ketones (excluding diaryl/α,β-unsaturated/α-hetero) is 1. The lowest BCUT2D eigenvalue weighted by Crippen LogP contribution is -2.44. The van der Waals surface area contributed by atoms with Crippen molar-refractivity contribution in [3.63, 3.8) is 0 Å². The number of benzene rings is 1. The van der Waals surface area contributed by atoms with Crippen LogP contribution in [-0.4, -0.2) is 30.3 Å². The maximum Gasteiger partial charge on any atom is 0.320 e. The summed E-state index contributed by atoms with van der Waals surface area (Å²) in [6, 6.07) is 6.58. The van der Waals surface area contributed by atoms with E-state index in [-0.39, 0.29) is 18.6 Å². The molecule has 0 amide bonds. The third kappa shape index (κ3) is 2.70. The summed E-state index contributed by atoms with van der Waals surface area (Å²) in [5.41, 5.74) is -1.09. The van der Waals surface area contributed by atoms with E-state index in [4.69, 9.17) is 16.3 Å². The van der Waals surface area contributed by atoms with E-state index in [9.17, 15) is 19.7 Å². The first-order valence-corrected chi connectivity index (χ1v) is 7.29. The molecule has 0 saturated heterocycles. The third-order valence-corrected chi connectivity index (χ3v) is 4.57. The van der Waals surface area contributed by atoms with Crippen LogP contribution in [-0.2, 0) is 14.3 Å². The maximum atomic E-state index is 12.4. The van der Waals surface area contributed by atoms with Crippen molar-refractivity contribution in [3.05, 3.63) is 45.0 Å². The van der Waals surface area contributed by atoms with Crippen LogP contribution in [0.5, 0.6) is 0 Å². The molecule has 0 unspecified atom stereocenters. The number of halogens is 1. The normalized spacial score (nSPS) is 22.4. The Morgan fingerprint density at radius 3 is 2.68 bits per heavy atom. The SMILES string of the molecule is COC(=O)[C@]1([C@H](C[N+](=O)[O-])c2ccccc2Cl)CCCC1=O. The Hall–Kier alpha value is -1.95. The molecule has 2 atom stereocenters. The second-order valence-electron chi connectivity index (χ2n) is 5.33. The molecule has 1 aromatic carbocycles. The number of ether oxygens (including phenoxy) is 1.